The van der Waals surface area contributed by atoms with E-state index < -0.39 is 11.7 Å². The lowest BCUT2D eigenvalue weighted by molar-refractivity contribution is -0.137. The largest absolute Gasteiger partial charge is 0.417 e. The fraction of sp³-hybridized carbons (Fsp3) is 0.571. The SMILES string of the molecule is CC1CN(C(=O)CCNc2ncc(C(F)(F)F)cc2Cl)CCN1. The number of amides is 1. The predicted octanol–water partition coefficient (Wildman–Crippen LogP) is 2.38. The number of rotatable bonds is 4. The zero-order valence-corrected chi connectivity index (χ0v) is 13.3. The van der Waals surface area contributed by atoms with Crippen LogP contribution >= 0.6 is 11.6 Å². The number of anilines is 1. The molecule has 0 aliphatic carbocycles. The van der Waals surface area contributed by atoms with Crippen LogP contribution in [0, 0.1) is 0 Å². The van der Waals surface area contributed by atoms with Crippen molar-refractivity contribution < 1.29 is 18.0 Å². The van der Waals surface area contributed by atoms with Crippen molar-refractivity contribution in [2.24, 2.45) is 0 Å². The van der Waals surface area contributed by atoms with Gasteiger partial charge in [0.1, 0.15) is 5.82 Å². The Hall–Kier alpha value is -1.54. The van der Waals surface area contributed by atoms with E-state index in [2.05, 4.69) is 15.6 Å². The van der Waals surface area contributed by atoms with Gasteiger partial charge in [0.25, 0.3) is 0 Å². The van der Waals surface area contributed by atoms with Gasteiger partial charge in [0, 0.05) is 44.8 Å². The summed E-state index contributed by atoms with van der Waals surface area (Å²) in [6, 6.07) is 1.07. The maximum atomic E-state index is 12.5. The average molecular weight is 351 g/mol. The lowest BCUT2D eigenvalue weighted by Crippen LogP contribution is -2.51. The molecule has 1 aromatic rings. The normalized spacial score (nSPS) is 18.8. The van der Waals surface area contributed by atoms with Crippen molar-refractivity contribution >= 4 is 23.3 Å². The molecular weight excluding hydrogens is 333 g/mol. The lowest BCUT2D eigenvalue weighted by Gasteiger charge is -2.32. The third-order valence-electron chi connectivity index (χ3n) is 3.52. The highest BCUT2D eigenvalue weighted by Crippen LogP contribution is 2.32. The van der Waals surface area contributed by atoms with Crippen molar-refractivity contribution in [2.75, 3.05) is 31.5 Å². The van der Waals surface area contributed by atoms with Gasteiger partial charge >= 0.3 is 6.18 Å². The minimum Gasteiger partial charge on any atom is -0.368 e. The monoisotopic (exact) mass is 350 g/mol. The highest BCUT2D eigenvalue weighted by atomic mass is 35.5. The quantitative estimate of drug-likeness (QED) is 0.875. The van der Waals surface area contributed by atoms with Gasteiger partial charge in [0.05, 0.1) is 10.6 Å². The molecule has 0 bridgehead atoms. The molecule has 1 saturated heterocycles. The second-order valence-corrected chi connectivity index (χ2v) is 5.83. The Kier molecular flexibility index (Phi) is 5.69. The number of hydrogen-bond donors (Lipinski definition) is 2. The Bertz CT molecular complexity index is 567. The molecule has 128 valence electrons. The van der Waals surface area contributed by atoms with Crippen LogP contribution in [-0.4, -0.2) is 48.0 Å². The molecule has 2 heterocycles. The van der Waals surface area contributed by atoms with E-state index in [-0.39, 0.29) is 35.8 Å². The van der Waals surface area contributed by atoms with Crippen LogP contribution in [0.15, 0.2) is 12.3 Å². The molecule has 5 nitrogen and oxygen atoms in total. The molecule has 1 atom stereocenters. The molecule has 9 heteroatoms. The van der Waals surface area contributed by atoms with E-state index in [1.165, 1.54) is 0 Å². The maximum Gasteiger partial charge on any atom is 0.417 e. The van der Waals surface area contributed by atoms with Crippen LogP contribution in [0.5, 0.6) is 0 Å². The zero-order chi connectivity index (χ0) is 17.0. The van der Waals surface area contributed by atoms with E-state index in [4.69, 9.17) is 11.6 Å². The van der Waals surface area contributed by atoms with Gasteiger partial charge < -0.3 is 15.5 Å². The van der Waals surface area contributed by atoms with E-state index in [0.29, 0.717) is 19.3 Å². The Morgan fingerprint density at radius 1 is 1.57 bits per heavy atom. The second kappa shape index (κ2) is 7.35. The minimum atomic E-state index is -4.48. The van der Waals surface area contributed by atoms with Crippen molar-refractivity contribution in [2.45, 2.75) is 25.6 Å². The van der Waals surface area contributed by atoms with E-state index >= 15 is 0 Å². The van der Waals surface area contributed by atoms with Gasteiger partial charge in [0.2, 0.25) is 5.91 Å². The summed E-state index contributed by atoms with van der Waals surface area (Å²) < 4.78 is 37.6. The van der Waals surface area contributed by atoms with Crippen LogP contribution in [0.25, 0.3) is 0 Å². The maximum absolute atomic E-state index is 12.5. The number of piperazine rings is 1. The molecule has 23 heavy (non-hydrogen) atoms. The first-order chi connectivity index (χ1) is 10.8. The van der Waals surface area contributed by atoms with Gasteiger partial charge in [-0.3, -0.25) is 4.79 Å². The van der Waals surface area contributed by atoms with Crippen molar-refractivity contribution in [3.05, 3.63) is 22.8 Å². The molecule has 0 spiro atoms. The molecule has 0 aromatic carbocycles. The third kappa shape index (κ3) is 4.97. The molecule has 1 fully saturated rings. The number of nitrogens with zero attached hydrogens (tertiary/aromatic N) is 2. The minimum absolute atomic E-state index is 0.00566. The number of aromatic nitrogens is 1. The Morgan fingerprint density at radius 2 is 2.30 bits per heavy atom. The van der Waals surface area contributed by atoms with Crippen LogP contribution in [0.1, 0.15) is 18.9 Å². The molecule has 1 aromatic heterocycles. The van der Waals surface area contributed by atoms with Gasteiger partial charge in [-0.05, 0) is 13.0 Å². The Balaban J connectivity index is 1.85. The summed E-state index contributed by atoms with van der Waals surface area (Å²) in [7, 11) is 0. The molecule has 1 aliphatic rings. The fourth-order valence-electron chi connectivity index (χ4n) is 2.33. The van der Waals surface area contributed by atoms with E-state index in [1.807, 2.05) is 6.92 Å². The number of pyridine rings is 1. The summed E-state index contributed by atoms with van der Waals surface area (Å²) in [5.41, 5.74) is -0.904. The van der Waals surface area contributed by atoms with Crippen molar-refractivity contribution in [3.63, 3.8) is 0 Å². The van der Waals surface area contributed by atoms with Crippen LogP contribution in [-0.2, 0) is 11.0 Å². The first-order valence-electron chi connectivity index (χ1n) is 7.25. The molecule has 1 amide bonds. The molecule has 2 rings (SSSR count). The van der Waals surface area contributed by atoms with E-state index in [0.717, 1.165) is 12.6 Å². The van der Waals surface area contributed by atoms with Crippen molar-refractivity contribution in [1.82, 2.24) is 15.2 Å². The van der Waals surface area contributed by atoms with Gasteiger partial charge in [-0.2, -0.15) is 13.2 Å². The summed E-state index contributed by atoms with van der Waals surface area (Å²) in [4.78, 5) is 17.5. The number of hydrogen-bond acceptors (Lipinski definition) is 4. The number of carbonyl (C=O) groups is 1. The highest BCUT2D eigenvalue weighted by Gasteiger charge is 2.31. The zero-order valence-electron chi connectivity index (χ0n) is 12.6. The van der Waals surface area contributed by atoms with Gasteiger partial charge in [-0.15, -0.1) is 0 Å². The molecule has 2 N–H and O–H groups in total. The summed E-state index contributed by atoms with van der Waals surface area (Å²) in [5.74, 6) is 0.134. The molecule has 0 radical (unpaired) electrons. The number of halogens is 4. The summed E-state index contributed by atoms with van der Waals surface area (Å²) in [6.45, 7) is 4.33. The first-order valence-corrected chi connectivity index (χ1v) is 7.63. The predicted molar refractivity (Wildman–Crippen MR) is 81.4 cm³/mol. The third-order valence-corrected chi connectivity index (χ3v) is 3.81. The topological polar surface area (TPSA) is 57.3 Å². The molecule has 0 saturated carbocycles. The Labute approximate surface area is 137 Å². The van der Waals surface area contributed by atoms with Crippen LogP contribution in [0.3, 0.4) is 0 Å². The van der Waals surface area contributed by atoms with Crippen LogP contribution in [0.4, 0.5) is 19.0 Å². The van der Waals surface area contributed by atoms with Crippen molar-refractivity contribution in [3.8, 4) is 0 Å². The van der Waals surface area contributed by atoms with Crippen LogP contribution in [0.2, 0.25) is 5.02 Å². The average Bonchev–Trinajstić information content (AvgIpc) is 2.47. The van der Waals surface area contributed by atoms with E-state index in [1.54, 1.807) is 4.90 Å². The fourth-order valence-corrected chi connectivity index (χ4v) is 2.56. The second-order valence-electron chi connectivity index (χ2n) is 5.42. The smallest absolute Gasteiger partial charge is 0.368 e. The number of alkyl halides is 3. The van der Waals surface area contributed by atoms with Gasteiger partial charge in [0.15, 0.2) is 0 Å². The highest BCUT2D eigenvalue weighted by molar-refractivity contribution is 6.32. The number of nitrogens with one attached hydrogen (secondary N) is 2. The lowest BCUT2D eigenvalue weighted by atomic mass is 10.2. The molecule has 1 aliphatic heterocycles. The molecular formula is C14H18ClF3N4O. The standard InChI is InChI=1S/C14H18ClF3N4O/c1-9-8-22(5-4-19-9)12(23)2-3-20-13-11(15)6-10(7-21-13)14(16,17)18/h6-7,9,19H,2-5,8H2,1H3,(H,20,21). The van der Waals surface area contributed by atoms with Gasteiger partial charge in [-0.1, -0.05) is 11.6 Å². The molecule has 1 unspecified atom stereocenters. The van der Waals surface area contributed by atoms with Gasteiger partial charge in [-0.25, -0.2) is 4.98 Å². The Morgan fingerprint density at radius 3 is 2.91 bits per heavy atom. The van der Waals surface area contributed by atoms with E-state index in [9.17, 15) is 18.0 Å². The van der Waals surface area contributed by atoms with Crippen LogP contribution < -0.4 is 10.6 Å². The summed E-state index contributed by atoms with van der Waals surface area (Å²) in [5, 5.41) is 5.92. The first kappa shape index (κ1) is 17.8. The summed E-state index contributed by atoms with van der Waals surface area (Å²) >= 11 is 5.79. The number of carbonyl (C=O) groups excluding carboxylic acids is 1. The van der Waals surface area contributed by atoms with Crippen molar-refractivity contribution in [1.29, 1.82) is 0 Å². The summed E-state index contributed by atoms with van der Waals surface area (Å²) in [6.07, 6.45) is -3.54.